The summed E-state index contributed by atoms with van der Waals surface area (Å²) in [4.78, 5) is 12.8. The first-order valence-corrected chi connectivity index (χ1v) is 9.00. The molecule has 1 aliphatic rings. The number of hydrogen-bond acceptors (Lipinski definition) is 2. The van der Waals surface area contributed by atoms with E-state index in [0.29, 0.717) is 0 Å². The number of carbonyl (C=O) groups is 1. The predicted molar refractivity (Wildman–Crippen MR) is 108 cm³/mol. The summed E-state index contributed by atoms with van der Waals surface area (Å²) in [5, 5.41) is 2.21. The standard InChI is InChI=1S/C25H14O2/c26-25-19-8-2-1-7-18(19)24-16(9-5-10-20(24)25)15-12-13-23-21(14-15)17-6-3-4-11-22(17)27-23/h1-14H. The van der Waals surface area contributed by atoms with Crippen LogP contribution >= 0.6 is 0 Å². The largest absolute Gasteiger partial charge is 0.456 e. The SMILES string of the molecule is O=C1c2ccccc2-c2c1cccc2-c1ccc2oc3ccccc3c2c1. The molecule has 4 aromatic carbocycles. The number of hydrogen-bond donors (Lipinski definition) is 0. The molecule has 6 rings (SSSR count). The van der Waals surface area contributed by atoms with Gasteiger partial charge in [0.2, 0.25) is 0 Å². The molecule has 0 atom stereocenters. The molecule has 5 aromatic rings. The summed E-state index contributed by atoms with van der Waals surface area (Å²) in [5.41, 5.74) is 7.57. The molecule has 126 valence electrons. The third kappa shape index (κ3) is 1.92. The number of furan rings is 1. The van der Waals surface area contributed by atoms with Gasteiger partial charge in [-0.1, -0.05) is 66.7 Å². The van der Waals surface area contributed by atoms with E-state index in [1.54, 1.807) is 0 Å². The number of rotatable bonds is 1. The van der Waals surface area contributed by atoms with Crippen LogP contribution in [-0.2, 0) is 0 Å². The molecule has 1 aromatic heterocycles. The van der Waals surface area contributed by atoms with Crippen molar-refractivity contribution in [3.05, 3.63) is 96.1 Å². The van der Waals surface area contributed by atoms with E-state index in [4.69, 9.17) is 4.42 Å². The molecular formula is C25H14O2. The fourth-order valence-electron chi connectivity index (χ4n) is 4.21. The smallest absolute Gasteiger partial charge is 0.194 e. The Balaban J connectivity index is 1.66. The van der Waals surface area contributed by atoms with Gasteiger partial charge in [0.15, 0.2) is 5.78 Å². The van der Waals surface area contributed by atoms with Gasteiger partial charge in [0.1, 0.15) is 11.2 Å². The topological polar surface area (TPSA) is 30.2 Å². The van der Waals surface area contributed by atoms with Crippen molar-refractivity contribution in [2.45, 2.75) is 0 Å². The second-order valence-corrected chi connectivity index (χ2v) is 6.91. The molecule has 0 radical (unpaired) electrons. The maximum Gasteiger partial charge on any atom is 0.194 e. The molecule has 1 aliphatic carbocycles. The zero-order valence-electron chi connectivity index (χ0n) is 14.4. The number of benzene rings is 4. The first kappa shape index (κ1) is 14.5. The van der Waals surface area contributed by atoms with Crippen molar-refractivity contribution in [1.29, 1.82) is 0 Å². The molecule has 2 heteroatoms. The quantitative estimate of drug-likeness (QED) is 0.342. The minimum atomic E-state index is 0.109. The third-order valence-electron chi connectivity index (χ3n) is 5.44. The number of fused-ring (bicyclic) bond motifs is 6. The van der Waals surface area contributed by atoms with Gasteiger partial charge in [0.25, 0.3) is 0 Å². The summed E-state index contributed by atoms with van der Waals surface area (Å²) in [6.07, 6.45) is 0. The van der Waals surface area contributed by atoms with Crippen LogP contribution in [0.15, 0.2) is 89.3 Å². The Bertz CT molecular complexity index is 1390. The minimum absolute atomic E-state index is 0.109. The number of ketones is 1. The third-order valence-corrected chi connectivity index (χ3v) is 5.44. The van der Waals surface area contributed by atoms with E-state index in [2.05, 4.69) is 24.3 Å². The normalized spacial score (nSPS) is 12.5. The molecule has 27 heavy (non-hydrogen) atoms. The molecule has 0 bridgehead atoms. The van der Waals surface area contributed by atoms with Gasteiger partial charge in [-0.25, -0.2) is 0 Å². The molecule has 2 nitrogen and oxygen atoms in total. The first-order chi connectivity index (χ1) is 13.3. The van der Waals surface area contributed by atoms with E-state index in [1.807, 2.05) is 60.7 Å². The Morgan fingerprint density at radius 3 is 2.19 bits per heavy atom. The van der Waals surface area contributed by atoms with Crippen LogP contribution in [0.1, 0.15) is 15.9 Å². The van der Waals surface area contributed by atoms with E-state index < -0.39 is 0 Å². The van der Waals surface area contributed by atoms with Crippen LogP contribution in [0.4, 0.5) is 0 Å². The Hall–Kier alpha value is -3.65. The van der Waals surface area contributed by atoms with E-state index >= 15 is 0 Å². The molecule has 1 heterocycles. The molecule has 0 fully saturated rings. The van der Waals surface area contributed by atoms with Gasteiger partial charge in [0, 0.05) is 27.5 Å². The Morgan fingerprint density at radius 2 is 1.26 bits per heavy atom. The van der Waals surface area contributed by atoms with Gasteiger partial charge in [-0.15, -0.1) is 0 Å². The summed E-state index contributed by atoms with van der Waals surface area (Å²) in [6, 6.07) is 28.2. The van der Waals surface area contributed by atoms with E-state index in [9.17, 15) is 4.79 Å². The van der Waals surface area contributed by atoms with Crippen LogP contribution < -0.4 is 0 Å². The Kier molecular flexibility index (Phi) is 2.78. The Morgan fingerprint density at radius 1 is 0.556 bits per heavy atom. The maximum absolute atomic E-state index is 12.8. The fraction of sp³-hybridized carbons (Fsp3) is 0. The summed E-state index contributed by atoms with van der Waals surface area (Å²) in [6.45, 7) is 0. The van der Waals surface area contributed by atoms with Crippen LogP contribution in [0.2, 0.25) is 0 Å². The fourth-order valence-corrected chi connectivity index (χ4v) is 4.21. The molecule has 0 saturated heterocycles. The maximum atomic E-state index is 12.8. The second-order valence-electron chi connectivity index (χ2n) is 6.91. The van der Waals surface area contributed by atoms with Crippen LogP contribution in [0.5, 0.6) is 0 Å². The highest BCUT2D eigenvalue weighted by Crippen LogP contribution is 2.43. The molecule has 0 N–H and O–H groups in total. The average molecular weight is 346 g/mol. The Labute approximate surface area is 155 Å². The molecule has 0 amide bonds. The van der Waals surface area contributed by atoms with Crippen molar-refractivity contribution in [1.82, 2.24) is 0 Å². The van der Waals surface area contributed by atoms with Crippen molar-refractivity contribution < 1.29 is 9.21 Å². The van der Waals surface area contributed by atoms with Gasteiger partial charge in [-0.05, 0) is 34.9 Å². The molecule has 0 saturated carbocycles. The lowest BCUT2D eigenvalue weighted by Crippen LogP contribution is -1.94. The molecule has 0 spiro atoms. The molecule has 0 unspecified atom stereocenters. The minimum Gasteiger partial charge on any atom is -0.456 e. The van der Waals surface area contributed by atoms with Crippen LogP contribution in [-0.4, -0.2) is 5.78 Å². The first-order valence-electron chi connectivity index (χ1n) is 9.00. The van der Waals surface area contributed by atoms with E-state index in [-0.39, 0.29) is 5.78 Å². The molecular weight excluding hydrogens is 332 g/mol. The highest BCUT2D eigenvalue weighted by atomic mass is 16.3. The predicted octanol–water partition coefficient (Wildman–Crippen LogP) is 6.46. The highest BCUT2D eigenvalue weighted by Gasteiger charge is 2.28. The van der Waals surface area contributed by atoms with Gasteiger partial charge in [-0.3, -0.25) is 4.79 Å². The van der Waals surface area contributed by atoms with Crippen molar-refractivity contribution in [3.63, 3.8) is 0 Å². The zero-order valence-corrected chi connectivity index (χ0v) is 14.4. The van der Waals surface area contributed by atoms with Crippen molar-refractivity contribution in [2.24, 2.45) is 0 Å². The van der Waals surface area contributed by atoms with E-state index in [0.717, 1.165) is 55.3 Å². The van der Waals surface area contributed by atoms with Crippen molar-refractivity contribution in [3.8, 4) is 22.3 Å². The average Bonchev–Trinajstić information content (AvgIpc) is 3.24. The van der Waals surface area contributed by atoms with Gasteiger partial charge in [0.05, 0.1) is 0 Å². The van der Waals surface area contributed by atoms with E-state index in [1.165, 1.54) is 0 Å². The molecule has 0 aliphatic heterocycles. The highest BCUT2D eigenvalue weighted by molar-refractivity contribution is 6.23. The summed E-state index contributed by atoms with van der Waals surface area (Å²) in [7, 11) is 0. The lowest BCUT2D eigenvalue weighted by Gasteiger charge is -2.09. The number of para-hydroxylation sites is 1. The van der Waals surface area contributed by atoms with Gasteiger partial charge < -0.3 is 4.42 Å². The second kappa shape index (κ2) is 5.18. The van der Waals surface area contributed by atoms with Crippen LogP contribution in [0.3, 0.4) is 0 Å². The van der Waals surface area contributed by atoms with Gasteiger partial charge >= 0.3 is 0 Å². The monoisotopic (exact) mass is 346 g/mol. The zero-order chi connectivity index (χ0) is 18.0. The van der Waals surface area contributed by atoms with Crippen molar-refractivity contribution >= 4 is 27.7 Å². The summed E-state index contributed by atoms with van der Waals surface area (Å²) < 4.78 is 5.96. The van der Waals surface area contributed by atoms with Crippen LogP contribution in [0.25, 0.3) is 44.2 Å². The van der Waals surface area contributed by atoms with Gasteiger partial charge in [-0.2, -0.15) is 0 Å². The lowest BCUT2D eigenvalue weighted by atomic mass is 9.93. The van der Waals surface area contributed by atoms with Crippen LogP contribution in [0, 0.1) is 0 Å². The summed E-state index contributed by atoms with van der Waals surface area (Å²) in [5.74, 6) is 0.109. The van der Waals surface area contributed by atoms with Crippen molar-refractivity contribution in [2.75, 3.05) is 0 Å². The summed E-state index contributed by atoms with van der Waals surface area (Å²) >= 11 is 0. The lowest BCUT2D eigenvalue weighted by molar-refractivity contribution is 0.104. The number of carbonyl (C=O) groups excluding carboxylic acids is 1.